The van der Waals surface area contributed by atoms with Gasteiger partial charge in [0.15, 0.2) is 0 Å². The van der Waals surface area contributed by atoms with Crippen molar-refractivity contribution in [2.24, 2.45) is 5.73 Å². The molecule has 0 spiro atoms. The fourth-order valence-electron chi connectivity index (χ4n) is 2.06. The maximum Gasteiger partial charge on any atom is 0.265 e. The standard InChI is InChI=1S/C13H17N3O3S/c1-8-4-5-15-7-12(8)16-20(17,18)13-10(3)19-9(2)11(13)6-14/h4-5,7,16H,6,14H2,1-3H3. The van der Waals surface area contributed by atoms with Crippen LogP contribution in [0.25, 0.3) is 0 Å². The first kappa shape index (κ1) is 14.5. The van der Waals surface area contributed by atoms with E-state index in [9.17, 15) is 8.42 Å². The zero-order chi connectivity index (χ0) is 14.9. The van der Waals surface area contributed by atoms with E-state index < -0.39 is 10.0 Å². The van der Waals surface area contributed by atoms with E-state index in [0.29, 0.717) is 22.8 Å². The van der Waals surface area contributed by atoms with E-state index in [0.717, 1.165) is 5.56 Å². The summed E-state index contributed by atoms with van der Waals surface area (Å²) in [6, 6.07) is 1.73. The number of nitrogens with two attached hydrogens (primary N) is 1. The van der Waals surface area contributed by atoms with Crippen LogP contribution in [0.2, 0.25) is 0 Å². The largest absolute Gasteiger partial charge is 0.465 e. The highest BCUT2D eigenvalue weighted by atomic mass is 32.2. The molecule has 6 nitrogen and oxygen atoms in total. The van der Waals surface area contributed by atoms with Crippen LogP contribution in [0.5, 0.6) is 0 Å². The minimum atomic E-state index is -3.75. The number of hydrogen-bond acceptors (Lipinski definition) is 5. The van der Waals surface area contributed by atoms with E-state index in [4.69, 9.17) is 10.2 Å². The van der Waals surface area contributed by atoms with Gasteiger partial charge in [0.2, 0.25) is 0 Å². The molecule has 0 amide bonds. The average Bonchev–Trinajstić information content (AvgIpc) is 2.67. The van der Waals surface area contributed by atoms with Gasteiger partial charge in [-0.15, -0.1) is 0 Å². The predicted octanol–water partition coefficient (Wildman–Crippen LogP) is 1.86. The van der Waals surface area contributed by atoms with Crippen molar-refractivity contribution >= 4 is 15.7 Å². The van der Waals surface area contributed by atoms with Gasteiger partial charge in [-0.2, -0.15) is 0 Å². The van der Waals surface area contributed by atoms with Gasteiger partial charge in [0, 0.05) is 18.3 Å². The van der Waals surface area contributed by atoms with Crippen LogP contribution in [-0.4, -0.2) is 13.4 Å². The first-order valence-electron chi connectivity index (χ1n) is 6.09. The smallest absolute Gasteiger partial charge is 0.265 e. The Labute approximate surface area is 118 Å². The van der Waals surface area contributed by atoms with Crippen molar-refractivity contribution in [2.45, 2.75) is 32.2 Å². The van der Waals surface area contributed by atoms with Crippen molar-refractivity contribution in [1.82, 2.24) is 4.98 Å². The van der Waals surface area contributed by atoms with Crippen molar-refractivity contribution in [2.75, 3.05) is 4.72 Å². The number of anilines is 1. The van der Waals surface area contributed by atoms with Gasteiger partial charge < -0.3 is 10.2 Å². The zero-order valence-electron chi connectivity index (χ0n) is 11.6. The molecule has 0 radical (unpaired) electrons. The van der Waals surface area contributed by atoms with Crippen LogP contribution in [0.3, 0.4) is 0 Å². The molecule has 0 aliphatic rings. The van der Waals surface area contributed by atoms with Crippen LogP contribution in [0.4, 0.5) is 5.69 Å². The van der Waals surface area contributed by atoms with Crippen molar-refractivity contribution in [3.63, 3.8) is 0 Å². The molecule has 0 aromatic carbocycles. The number of rotatable bonds is 4. The highest BCUT2D eigenvalue weighted by Crippen LogP contribution is 2.28. The maximum absolute atomic E-state index is 12.5. The Morgan fingerprint density at radius 1 is 1.30 bits per heavy atom. The molecule has 0 bridgehead atoms. The Kier molecular flexibility index (Phi) is 3.82. The Hall–Kier alpha value is -1.86. The zero-order valence-corrected chi connectivity index (χ0v) is 12.4. The number of furan rings is 1. The second-order valence-electron chi connectivity index (χ2n) is 4.52. The number of aromatic nitrogens is 1. The SMILES string of the molecule is Cc1ccncc1NS(=O)(=O)c1c(C)oc(C)c1CN. The Morgan fingerprint density at radius 2 is 2.00 bits per heavy atom. The maximum atomic E-state index is 12.5. The molecule has 0 aliphatic carbocycles. The van der Waals surface area contributed by atoms with Gasteiger partial charge in [0.1, 0.15) is 16.4 Å². The molecule has 3 N–H and O–H groups in total. The lowest BCUT2D eigenvalue weighted by Crippen LogP contribution is -2.17. The fraction of sp³-hybridized carbons (Fsp3) is 0.308. The second-order valence-corrected chi connectivity index (χ2v) is 6.14. The van der Waals surface area contributed by atoms with Gasteiger partial charge in [-0.3, -0.25) is 9.71 Å². The molecule has 2 rings (SSSR count). The van der Waals surface area contributed by atoms with Gasteiger partial charge in [0.05, 0.1) is 11.9 Å². The van der Waals surface area contributed by atoms with Crippen LogP contribution in [0, 0.1) is 20.8 Å². The lowest BCUT2D eigenvalue weighted by molar-refractivity contribution is 0.494. The number of nitrogens with one attached hydrogen (secondary N) is 1. The molecule has 20 heavy (non-hydrogen) atoms. The quantitative estimate of drug-likeness (QED) is 0.897. The summed E-state index contributed by atoms with van der Waals surface area (Å²) in [5, 5.41) is 0. The average molecular weight is 295 g/mol. The molecule has 2 aromatic heterocycles. The van der Waals surface area contributed by atoms with Gasteiger partial charge in [-0.25, -0.2) is 8.42 Å². The normalized spacial score (nSPS) is 11.6. The van der Waals surface area contributed by atoms with E-state index in [1.165, 1.54) is 6.20 Å². The summed E-state index contributed by atoms with van der Waals surface area (Å²) in [5.74, 6) is 0.852. The van der Waals surface area contributed by atoms with E-state index >= 15 is 0 Å². The van der Waals surface area contributed by atoms with E-state index in [2.05, 4.69) is 9.71 Å². The summed E-state index contributed by atoms with van der Waals surface area (Å²) >= 11 is 0. The Morgan fingerprint density at radius 3 is 2.60 bits per heavy atom. The lowest BCUT2D eigenvalue weighted by Gasteiger charge is -2.10. The number of nitrogens with zero attached hydrogens (tertiary/aromatic N) is 1. The third kappa shape index (κ3) is 2.54. The topological polar surface area (TPSA) is 98.2 Å². The third-order valence-electron chi connectivity index (χ3n) is 3.08. The monoisotopic (exact) mass is 295 g/mol. The summed E-state index contributed by atoms with van der Waals surface area (Å²) in [6.07, 6.45) is 3.07. The van der Waals surface area contributed by atoms with Crippen molar-refractivity contribution < 1.29 is 12.8 Å². The molecule has 0 atom stereocenters. The van der Waals surface area contributed by atoms with Crippen LogP contribution < -0.4 is 10.5 Å². The summed E-state index contributed by atoms with van der Waals surface area (Å²) in [7, 11) is -3.75. The molecular formula is C13H17N3O3S. The van der Waals surface area contributed by atoms with Crippen LogP contribution in [0.1, 0.15) is 22.6 Å². The molecule has 0 aliphatic heterocycles. The minimum absolute atomic E-state index is 0.103. The van der Waals surface area contributed by atoms with Crippen LogP contribution in [-0.2, 0) is 16.6 Å². The number of pyridine rings is 1. The Bertz CT molecular complexity index is 735. The van der Waals surface area contributed by atoms with Crippen LogP contribution >= 0.6 is 0 Å². The van der Waals surface area contributed by atoms with Gasteiger partial charge in [-0.1, -0.05) is 0 Å². The van der Waals surface area contributed by atoms with Gasteiger partial charge >= 0.3 is 0 Å². The number of hydrogen-bond donors (Lipinski definition) is 2. The number of aryl methyl sites for hydroxylation is 3. The second kappa shape index (κ2) is 5.26. The van der Waals surface area contributed by atoms with Crippen molar-refractivity contribution in [3.05, 3.63) is 41.1 Å². The summed E-state index contributed by atoms with van der Waals surface area (Å²) in [5.41, 5.74) is 7.34. The molecule has 2 aromatic rings. The first-order valence-corrected chi connectivity index (χ1v) is 7.57. The number of sulfonamides is 1. The summed E-state index contributed by atoms with van der Waals surface area (Å²) < 4.78 is 32.9. The minimum Gasteiger partial charge on any atom is -0.465 e. The van der Waals surface area contributed by atoms with Crippen molar-refractivity contribution in [1.29, 1.82) is 0 Å². The highest BCUT2D eigenvalue weighted by molar-refractivity contribution is 7.92. The summed E-state index contributed by atoms with van der Waals surface area (Å²) in [4.78, 5) is 4.03. The molecular weight excluding hydrogens is 278 g/mol. The van der Waals surface area contributed by atoms with E-state index in [1.807, 2.05) is 0 Å². The van der Waals surface area contributed by atoms with E-state index in [1.54, 1.807) is 33.0 Å². The molecule has 108 valence electrons. The molecule has 2 heterocycles. The van der Waals surface area contributed by atoms with Crippen LogP contribution in [0.15, 0.2) is 27.8 Å². The molecule has 7 heteroatoms. The first-order chi connectivity index (χ1) is 9.36. The summed E-state index contributed by atoms with van der Waals surface area (Å²) in [6.45, 7) is 5.21. The fourth-order valence-corrected chi connectivity index (χ4v) is 3.64. The lowest BCUT2D eigenvalue weighted by atomic mass is 10.2. The molecule has 0 unspecified atom stereocenters. The van der Waals surface area contributed by atoms with E-state index in [-0.39, 0.29) is 11.4 Å². The molecule has 0 saturated carbocycles. The third-order valence-corrected chi connectivity index (χ3v) is 4.64. The molecule has 0 saturated heterocycles. The Balaban J connectivity index is 2.49. The van der Waals surface area contributed by atoms with Crippen molar-refractivity contribution in [3.8, 4) is 0 Å². The van der Waals surface area contributed by atoms with Gasteiger partial charge in [0.25, 0.3) is 10.0 Å². The molecule has 0 fully saturated rings. The van der Waals surface area contributed by atoms with Gasteiger partial charge in [-0.05, 0) is 32.4 Å². The predicted molar refractivity (Wildman–Crippen MR) is 75.9 cm³/mol. The highest BCUT2D eigenvalue weighted by Gasteiger charge is 2.26.